The average Bonchev–Trinajstić information content (AvgIpc) is 2.79. The summed E-state index contributed by atoms with van der Waals surface area (Å²) in [5.74, 6) is 0.203. The van der Waals surface area contributed by atoms with Gasteiger partial charge in [0, 0.05) is 13.0 Å². The number of hydrogen-bond acceptors (Lipinski definition) is 5. The molecule has 0 aliphatic carbocycles. The second-order valence-corrected chi connectivity index (χ2v) is 9.02. The Morgan fingerprint density at radius 2 is 1.81 bits per heavy atom. The topological polar surface area (TPSA) is 97.3 Å². The van der Waals surface area contributed by atoms with Crippen molar-refractivity contribution in [1.82, 2.24) is 5.48 Å². The van der Waals surface area contributed by atoms with Gasteiger partial charge >= 0.3 is 0 Å². The second kappa shape index (κ2) is 10.9. The van der Waals surface area contributed by atoms with Crippen LogP contribution in [-0.2, 0) is 25.6 Å². The summed E-state index contributed by atoms with van der Waals surface area (Å²) < 4.78 is 34.9. The Kier molecular flexibility index (Phi) is 8.25. The first-order valence-corrected chi connectivity index (χ1v) is 11.7. The van der Waals surface area contributed by atoms with Crippen LogP contribution in [0, 0.1) is 5.92 Å². The molecule has 3 unspecified atom stereocenters. The molecule has 3 rings (SSSR count). The van der Waals surface area contributed by atoms with Gasteiger partial charge in [-0.15, -0.1) is 0 Å². The number of carbonyl (C=O) groups is 1. The van der Waals surface area contributed by atoms with Gasteiger partial charge in [-0.1, -0.05) is 25.1 Å². The largest absolute Gasteiger partial charge is 0.457 e. The summed E-state index contributed by atoms with van der Waals surface area (Å²) in [6, 6.07) is 16.1. The van der Waals surface area contributed by atoms with Crippen molar-refractivity contribution in [3.63, 3.8) is 0 Å². The van der Waals surface area contributed by atoms with Gasteiger partial charge in [0.2, 0.25) is 5.91 Å². The van der Waals surface area contributed by atoms with Crippen molar-refractivity contribution in [2.75, 3.05) is 10.9 Å². The van der Waals surface area contributed by atoms with Gasteiger partial charge in [0.15, 0.2) is 6.29 Å². The van der Waals surface area contributed by atoms with Gasteiger partial charge in [0.1, 0.15) is 11.5 Å². The van der Waals surface area contributed by atoms with Crippen LogP contribution < -0.4 is 14.5 Å². The zero-order valence-corrected chi connectivity index (χ0v) is 19.3. The lowest BCUT2D eigenvalue weighted by molar-refractivity contribution is -0.202. The fraction of sp³-hybridized carbons (Fsp3) is 0.435. The molecular formula is C23H30N2O6S. The Morgan fingerprint density at radius 3 is 2.41 bits per heavy atom. The predicted molar refractivity (Wildman–Crippen MR) is 122 cm³/mol. The van der Waals surface area contributed by atoms with Crippen LogP contribution in [0.2, 0.25) is 0 Å². The monoisotopic (exact) mass is 462 g/mol. The van der Waals surface area contributed by atoms with E-state index in [1.165, 1.54) is 4.31 Å². The van der Waals surface area contributed by atoms with Gasteiger partial charge in [-0.25, -0.2) is 14.5 Å². The number of hydroxylamine groups is 1. The Bertz CT molecular complexity index is 900. The molecule has 1 amide bonds. The van der Waals surface area contributed by atoms with Crippen LogP contribution in [0.25, 0.3) is 0 Å². The van der Waals surface area contributed by atoms with Crippen LogP contribution in [0.4, 0.5) is 5.69 Å². The molecule has 2 N–H and O–H groups in total. The maximum Gasteiger partial charge on any atom is 0.262 e. The fourth-order valence-electron chi connectivity index (χ4n) is 3.41. The summed E-state index contributed by atoms with van der Waals surface area (Å²) in [6.45, 7) is 5.75. The highest BCUT2D eigenvalue weighted by Crippen LogP contribution is 2.33. The number of anilines is 1. The van der Waals surface area contributed by atoms with Crippen molar-refractivity contribution >= 4 is 22.9 Å². The Morgan fingerprint density at radius 1 is 1.16 bits per heavy atom. The third-order valence-electron chi connectivity index (χ3n) is 5.61. The van der Waals surface area contributed by atoms with E-state index in [2.05, 4.69) is 5.48 Å². The highest BCUT2D eigenvalue weighted by Gasteiger charge is 2.40. The highest BCUT2D eigenvalue weighted by molar-refractivity contribution is 7.80. The molecule has 1 heterocycles. The van der Waals surface area contributed by atoms with E-state index in [-0.39, 0.29) is 0 Å². The van der Waals surface area contributed by atoms with Gasteiger partial charge in [-0.3, -0.25) is 13.7 Å². The maximum atomic E-state index is 12.7. The molecule has 0 radical (unpaired) electrons. The molecule has 8 nitrogen and oxygen atoms in total. The van der Waals surface area contributed by atoms with E-state index in [1.54, 1.807) is 45.0 Å². The smallest absolute Gasteiger partial charge is 0.262 e. The molecule has 1 aliphatic heterocycles. The molecule has 0 saturated carbocycles. The molecule has 9 heteroatoms. The number of para-hydroxylation sites is 1. The van der Waals surface area contributed by atoms with Crippen molar-refractivity contribution in [1.29, 1.82) is 0 Å². The first-order valence-electron chi connectivity index (χ1n) is 10.6. The molecule has 2 aromatic carbocycles. The molecule has 0 aromatic heterocycles. The number of rotatable bonds is 9. The lowest BCUT2D eigenvalue weighted by Crippen LogP contribution is -2.54. The maximum absolute atomic E-state index is 12.7. The quantitative estimate of drug-likeness (QED) is 0.423. The van der Waals surface area contributed by atoms with Gasteiger partial charge in [0.05, 0.1) is 17.1 Å². The predicted octanol–water partition coefficient (Wildman–Crippen LogP) is 4.41. The normalized spacial score (nSPS) is 18.4. The number of ether oxygens (including phenoxy) is 2. The third kappa shape index (κ3) is 6.07. The van der Waals surface area contributed by atoms with E-state index < -0.39 is 34.9 Å². The van der Waals surface area contributed by atoms with Crippen LogP contribution in [0.3, 0.4) is 0 Å². The Labute approximate surface area is 191 Å². The van der Waals surface area contributed by atoms with E-state index in [9.17, 15) is 13.6 Å². The fourth-order valence-corrected chi connectivity index (χ4v) is 4.27. The van der Waals surface area contributed by atoms with Crippen LogP contribution in [0.5, 0.6) is 11.5 Å². The number of hydrogen-bond donors (Lipinski definition) is 2. The van der Waals surface area contributed by atoms with E-state index in [4.69, 9.17) is 14.3 Å². The van der Waals surface area contributed by atoms with Gasteiger partial charge in [0.25, 0.3) is 11.3 Å². The third-order valence-corrected chi connectivity index (χ3v) is 6.61. The molecule has 32 heavy (non-hydrogen) atoms. The van der Waals surface area contributed by atoms with E-state index in [0.717, 1.165) is 12.8 Å². The molecule has 0 spiro atoms. The van der Waals surface area contributed by atoms with Crippen molar-refractivity contribution in [2.45, 2.75) is 51.9 Å². The molecule has 0 bridgehead atoms. The number of nitrogens with one attached hydrogen (secondary N) is 1. The minimum absolute atomic E-state index is 0.399. The van der Waals surface area contributed by atoms with Gasteiger partial charge < -0.3 is 9.47 Å². The van der Waals surface area contributed by atoms with E-state index in [1.807, 2.05) is 30.3 Å². The second-order valence-electron chi connectivity index (χ2n) is 8.19. The minimum atomic E-state index is -2.37. The van der Waals surface area contributed by atoms with Gasteiger partial charge in [-0.2, -0.15) is 0 Å². The van der Waals surface area contributed by atoms with Crippen molar-refractivity contribution < 1.29 is 27.9 Å². The summed E-state index contributed by atoms with van der Waals surface area (Å²) in [4.78, 5) is 18.1. The standard InChI is InChI=1S/C23H30N2O6S/c1-17(22(26)24-31-21-11-7-8-16-29-21)23(2,3)25(32(27)28)18-12-14-20(15-13-18)30-19-9-5-4-6-10-19/h4-6,9-10,12-15,17,21H,7-8,11,16H2,1-3H3,(H,24,26)(H,27,28). The first kappa shape index (κ1) is 24.2. The van der Waals surface area contributed by atoms with Crippen LogP contribution in [0.15, 0.2) is 54.6 Å². The van der Waals surface area contributed by atoms with E-state index in [0.29, 0.717) is 30.2 Å². The lowest BCUT2D eigenvalue weighted by Gasteiger charge is -2.40. The van der Waals surface area contributed by atoms with Crippen molar-refractivity contribution in [3.05, 3.63) is 54.6 Å². The Hall–Kier alpha value is -2.46. The summed E-state index contributed by atoms with van der Waals surface area (Å²) in [6.07, 6.45) is 2.19. The molecule has 1 fully saturated rings. The summed E-state index contributed by atoms with van der Waals surface area (Å²) in [7, 11) is 0. The van der Waals surface area contributed by atoms with Crippen molar-refractivity contribution in [2.24, 2.45) is 5.92 Å². The number of nitrogens with zero attached hydrogens (tertiary/aromatic N) is 1. The zero-order valence-electron chi connectivity index (χ0n) is 18.5. The first-order chi connectivity index (χ1) is 15.3. The number of benzene rings is 2. The molecule has 2 aromatic rings. The summed E-state index contributed by atoms with van der Waals surface area (Å²) in [5, 5.41) is 0. The molecule has 3 atom stereocenters. The summed E-state index contributed by atoms with van der Waals surface area (Å²) >= 11 is -2.37. The summed E-state index contributed by atoms with van der Waals surface area (Å²) in [5.41, 5.74) is 1.92. The molecule has 1 aliphatic rings. The van der Waals surface area contributed by atoms with Crippen molar-refractivity contribution in [3.8, 4) is 11.5 Å². The van der Waals surface area contributed by atoms with Crippen LogP contribution in [0.1, 0.15) is 40.0 Å². The molecular weight excluding hydrogens is 432 g/mol. The number of amides is 1. The SMILES string of the molecule is CC(C(=O)NOC1CCCCO1)C(C)(C)N(c1ccc(Oc2ccccc2)cc1)S(=O)O. The van der Waals surface area contributed by atoms with Crippen LogP contribution >= 0.6 is 0 Å². The highest BCUT2D eigenvalue weighted by atomic mass is 32.2. The Balaban J connectivity index is 1.69. The number of carbonyl (C=O) groups excluding carboxylic acids is 1. The average molecular weight is 463 g/mol. The minimum Gasteiger partial charge on any atom is -0.457 e. The molecule has 174 valence electrons. The van der Waals surface area contributed by atoms with Gasteiger partial charge in [-0.05, 0) is 63.1 Å². The molecule has 1 saturated heterocycles. The lowest BCUT2D eigenvalue weighted by atomic mass is 9.88. The van der Waals surface area contributed by atoms with Crippen LogP contribution in [-0.4, -0.2) is 33.1 Å². The zero-order chi connectivity index (χ0) is 23.1. The van der Waals surface area contributed by atoms with E-state index >= 15 is 0 Å².